The number of ether oxygens (including phenoxy) is 3. The average molecular weight is 487 g/mol. The molecule has 0 saturated heterocycles. The number of nitrogens with two attached hydrogens (primary N) is 1. The molecule has 7 nitrogen and oxygen atoms in total. The first-order valence-corrected chi connectivity index (χ1v) is 12.1. The van der Waals surface area contributed by atoms with Crippen LogP contribution in [0, 0.1) is 5.92 Å². The highest BCUT2D eigenvalue weighted by Crippen LogP contribution is 2.43. The second-order valence-electron chi connectivity index (χ2n) is 9.14. The highest BCUT2D eigenvalue weighted by Gasteiger charge is 2.28. The smallest absolute Gasteiger partial charge is 0.203 e. The van der Waals surface area contributed by atoms with Crippen LogP contribution in [0.15, 0.2) is 59.1 Å². The molecule has 2 aromatic heterocycles. The molecule has 0 aliphatic heterocycles. The summed E-state index contributed by atoms with van der Waals surface area (Å²) in [5, 5.41) is 0. The van der Waals surface area contributed by atoms with Crippen LogP contribution in [-0.2, 0) is 0 Å². The molecule has 7 heteroatoms. The van der Waals surface area contributed by atoms with E-state index in [-0.39, 0.29) is 11.8 Å². The van der Waals surface area contributed by atoms with Gasteiger partial charge in [0.25, 0.3) is 0 Å². The van der Waals surface area contributed by atoms with Crippen molar-refractivity contribution in [3.63, 3.8) is 0 Å². The fraction of sp³-hybridized carbons (Fsp3) is 0.310. The van der Waals surface area contributed by atoms with Gasteiger partial charge < -0.3 is 24.4 Å². The molecule has 1 aliphatic rings. The summed E-state index contributed by atoms with van der Waals surface area (Å²) in [6, 6.07) is 15.2. The second kappa shape index (κ2) is 10.0. The Morgan fingerprint density at radius 3 is 2.44 bits per heavy atom. The van der Waals surface area contributed by atoms with E-state index < -0.39 is 0 Å². The number of aromatic nitrogens is 1. The maximum Gasteiger partial charge on any atom is 0.203 e. The van der Waals surface area contributed by atoms with E-state index in [0.29, 0.717) is 52.0 Å². The third kappa shape index (κ3) is 4.66. The molecule has 0 bridgehead atoms. The lowest BCUT2D eigenvalue weighted by molar-refractivity contribution is 0.0976. The molecule has 186 valence electrons. The number of furan rings is 1. The van der Waals surface area contributed by atoms with Crippen molar-refractivity contribution in [2.24, 2.45) is 11.7 Å². The molecule has 4 aromatic rings. The van der Waals surface area contributed by atoms with Crippen LogP contribution in [0.3, 0.4) is 0 Å². The summed E-state index contributed by atoms with van der Waals surface area (Å²) in [6.07, 6.45) is 5.30. The van der Waals surface area contributed by atoms with Gasteiger partial charge in [0.15, 0.2) is 22.9 Å². The van der Waals surface area contributed by atoms with Gasteiger partial charge in [0.05, 0.1) is 21.3 Å². The first-order valence-electron chi connectivity index (χ1n) is 12.1. The number of carbonyl (C=O) groups is 1. The standard InChI is InChI=1S/C29H30N2O5/c1-33-26-14-20(15-27(34-2)29(26)35-3)25-16-23-28(36-25)21(11-12-31-23)18-5-4-6-19(13-18)24(32)10-9-22(30)17-7-8-17/h4-6,11-17,22H,7-10,30H2,1-3H3. The van der Waals surface area contributed by atoms with Crippen LogP contribution in [0.2, 0.25) is 0 Å². The number of Topliss-reactive ketones (excluding diaryl/α,β-unsaturated/α-hetero) is 1. The lowest BCUT2D eigenvalue weighted by Gasteiger charge is -2.13. The molecule has 1 saturated carbocycles. The number of methoxy groups -OCH3 is 3. The number of benzene rings is 2. The van der Waals surface area contributed by atoms with Gasteiger partial charge >= 0.3 is 0 Å². The Bertz CT molecular complexity index is 1380. The van der Waals surface area contributed by atoms with Gasteiger partial charge in [0.1, 0.15) is 11.3 Å². The molecule has 1 unspecified atom stereocenters. The van der Waals surface area contributed by atoms with Gasteiger partial charge in [-0.05, 0) is 55.0 Å². The van der Waals surface area contributed by atoms with Gasteiger partial charge in [-0.25, -0.2) is 0 Å². The summed E-state index contributed by atoms with van der Waals surface area (Å²) >= 11 is 0. The Kier molecular flexibility index (Phi) is 6.65. The molecule has 2 N–H and O–H groups in total. The number of rotatable bonds is 10. The molecular formula is C29H30N2O5. The van der Waals surface area contributed by atoms with Crippen LogP contribution in [-0.4, -0.2) is 38.1 Å². The van der Waals surface area contributed by atoms with E-state index in [1.165, 1.54) is 12.8 Å². The fourth-order valence-electron chi connectivity index (χ4n) is 4.59. The number of hydrogen-bond acceptors (Lipinski definition) is 7. The Morgan fingerprint density at radius 2 is 1.78 bits per heavy atom. The zero-order valence-corrected chi connectivity index (χ0v) is 20.7. The van der Waals surface area contributed by atoms with Gasteiger partial charge in [0.2, 0.25) is 5.75 Å². The van der Waals surface area contributed by atoms with Crippen molar-refractivity contribution in [3.05, 3.63) is 60.3 Å². The highest BCUT2D eigenvalue weighted by molar-refractivity contribution is 5.99. The minimum atomic E-state index is 0.107. The number of carbonyl (C=O) groups excluding carboxylic acids is 1. The Balaban J connectivity index is 1.48. The van der Waals surface area contributed by atoms with E-state index in [4.69, 9.17) is 24.4 Å². The Hall–Kier alpha value is -3.84. The third-order valence-corrected chi connectivity index (χ3v) is 6.79. The molecule has 36 heavy (non-hydrogen) atoms. The zero-order chi connectivity index (χ0) is 25.2. The molecule has 5 rings (SSSR count). The minimum absolute atomic E-state index is 0.107. The minimum Gasteiger partial charge on any atom is -0.493 e. The number of ketones is 1. The lowest BCUT2D eigenvalue weighted by atomic mass is 9.98. The number of nitrogens with zero attached hydrogens (tertiary/aromatic N) is 1. The van der Waals surface area contributed by atoms with Crippen LogP contribution >= 0.6 is 0 Å². The SMILES string of the molecule is COc1cc(-c2cc3nccc(-c4cccc(C(=O)CCC(N)C5CC5)c4)c3o2)cc(OC)c1OC. The van der Waals surface area contributed by atoms with E-state index in [1.54, 1.807) is 27.5 Å². The zero-order valence-electron chi connectivity index (χ0n) is 20.7. The molecule has 2 heterocycles. The van der Waals surface area contributed by atoms with Crippen molar-refractivity contribution in [1.82, 2.24) is 4.98 Å². The molecular weight excluding hydrogens is 456 g/mol. The van der Waals surface area contributed by atoms with Gasteiger partial charge in [-0.3, -0.25) is 9.78 Å². The predicted octanol–water partition coefficient (Wildman–Crippen LogP) is 5.89. The highest BCUT2D eigenvalue weighted by atomic mass is 16.5. The molecule has 2 aromatic carbocycles. The van der Waals surface area contributed by atoms with Gasteiger partial charge in [-0.1, -0.05) is 18.2 Å². The number of fused-ring (bicyclic) bond motifs is 1. The van der Waals surface area contributed by atoms with Gasteiger partial charge in [-0.15, -0.1) is 0 Å². The van der Waals surface area contributed by atoms with E-state index in [1.807, 2.05) is 48.5 Å². The van der Waals surface area contributed by atoms with Crippen LogP contribution in [0.4, 0.5) is 0 Å². The second-order valence-corrected chi connectivity index (χ2v) is 9.14. The van der Waals surface area contributed by atoms with Crippen LogP contribution in [0.1, 0.15) is 36.0 Å². The summed E-state index contributed by atoms with van der Waals surface area (Å²) in [6.45, 7) is 0. The van der Waals surface area contributed by atoms with Crippen molar-refractivity contribution in [1.29, 1.82) is 0 Å². The van der Waals surface area contributed by atoms with Crippen molar-refractivity contribution >= 4 is 16.9 Å². The van der Waals surface area contributed by atoms with E-state index in [2.05, 4.69) is 4.98 Å². The topological polar surface area (TPSA) is 96.8 Å². The molecule has 0 radical (unpaired) electrons. The molecule has 0 spiro atoms. The molecule has 1 atom stereocenters. The van der Waals surface area contributed by atoms with Crippen molar-refractivity contribution < 1.29 is 23.4 Å². The summed E-state index contributed by atoms with van der Waals surface area (Å²) in [4.78, 5) is 17.4. The molecule has 1 aliphatic carbocycles. The van der Waals surface area contributed by atoms with Crippen LogP contribution in [0.5, 0.6) is 17.2 Å². The van der Waals surface area contributed by atoms with Crippen LogP contribution < -0.4 is 19.9 Å². The molecule has 1 fully saturated rings. The maximum atomic E-state index is 12.9. The Morgan fingerprint density at radius 1 is 1.03 bits per heavy atom. The quantitative estimate of drug-likeness (QED) is 0.279. The van der Waals surface area contributed by atoms with Gasteiger partial charge in [-0.2, -0.15) is 0 Å². The predicted molar refractivity (Wildman–Crippen MR) is 139 cm³/mol. The monoisotopic (exact) mass is 486 g/mol. The largest absolute Gasteiger partial charge is 0.493 e. The van der Waals surface area contributed by atoms with E-state index in [9.17, 15) is 4.79 Å². The summed E-state index contributed by atoms with van der Waals surface area (Å²) in [7, 11) is 4.72. The lowest BCUT2D eigenvalue weighted by Crippen LogP contribution is -2.23. The third-order valence-electron chi connectivity index (χ3n) is 6.79. The van der Waals surface area contributed by atoms with E-state index >= 15 is 0 Å². The normalized spacial score (nSPS) is 14.0. The first-order chi connectivity index (χ1) is 17.5. The average Bonchev–Trinajstić information content (AvgIpc) is 3.68. The van der Waals surface area contributed by atoms with Gasteiger partial charge in [0, 0.05) is 41.4 Å². The fourth-order valence-corrected chi connectivity index (χ4v) is 4.59. The van der Waals surface area contributed by atoms with Crippen LogP contribution in [0.25, 0.3) is 33.6 Å². The summed E-state index contributed by atoms with van der Waals surface area (Å²) in [5.41, 5.74) is 10.8. The number of hydrogen-bond donors (Lipinski definition) is 1. The summed E-state index contributed by atoms with van der Waals surface area (Å²) in [5.74, 6) is 2.90. The van der Waals surface area contributed by atoms with Crippen molar-refractivity contribution in [2.75, 3.05) is 21.3 Å². The van der Waals surface area contributed by atoms with Crippen molar-refractivity contribution in [3.8, 4) is 39.7 Å². The van der Waals surface area contributed by atoms with Crippen molar-refractivity contribution in [2.45, 2.75) is 31.7 Å². The maximum absolute atomic E-state index is 12.9. The first kappa shape index (κ1) is 23.9. The number of pyridine rings is 1. The molecule has 0 amide bonds. The summed E-state index contributed by atoms with van der Waals surface area (Å²) < 4.78 is 22.7. The van der Waals surface area contributed by atoms with E-state index in [0.717, 1.165) is 23.1 Å². The Labute approximate surface area is 210 Å².